The van der Waals surface area contributed by atoms with Crippen LogP contribution in [-0.2, 0) is 7.05 Å². The van der Waals surface area contributed by atoms with E-state index in [0.717, 1.165) is 38.6 Å². The van der Waals surface area contributed by atoms with Crippen LogP contribution in [0, 0.1) is 5.92 Å². The molecular formula is C14H21N3O2. The Morgan fingerprint density at radius 1 is 1.37 bits per heavy atom. The van der Waals surface area contributed by atoms with Crippen molar-refractivity contribution in [1.29, 1.82) is 0 Å². The number of likely N-dealkylation sites (tertiary alicyclic amines) is 1. The van der Waals surface area contributed by atoms with Gasteiger partial charge in [-0.3, -0.25) is 9.48 Å². The van der Waals surface area contributed by atoms with Crippen molar-refractivity contribution in [1.82, 2.24) is 14.7 Å². The van der Waals surface area contributed by atoms with Crippen LogP contribution in [0.25, 0.3) is 0 Å². The Balaban J connectivity index is 1.77. The van der Waals surface area contributed by atoms with Gasteiger partial charge in [-0.2, -0.15) is 5.10 Å². The minimum absolute atomic E-state index is 0.0159. The van der Waals surface area contributed by atoms with Crippen LogP contribution in [0.1, 0.15) is 42.6 Å². The molecule has 2 aliphatic rings. The first-order valence-corrected chi connectivity index (χ1v) is 7.15. The van der Waals surface area contributed by atoms with Crippen molar-refractivity contribution in [2.24, 2.45) is 13.0 Å². The summed E-state index contributed by atoms with van der Waals surface area (Å²) in [6.07, 6.45) is 6.61. The second-order valence-electron chi connectivity index (χ2n) is 5.74. The third-order valence-electron chi connectivity index (χ3n) is 4.52. The van der Waals surface area contributed by atoms with Crippen molar-refractivity contribution >= 4 is 5.91 Å². The lowest BCUT2D eigenvalue weighted by molar-refractivity contribution is 0.0522. The first-order chi connectivity index (χ1) is 9.16. The Hall–Kier alpha value is -1.36. The molecule has 3 atom stereocenters. The minimum atomic E-state index is -0.234. The van der Waals surface area contributed by atoms with Crippen LogP contribution in [0.4, 0.5) is 0 Å². The van der Waals surface area contributed by atoms with E-state index in [1.807, 2.05) is 11.9 Å². The molecule has 104 valence electrons. The zero-order valence-electron chi connectivity index (χ0n) is 11.3. The smallest absolute Gasteiger partial charge is 0.274 e. The molecule has 1 aromatic heterocycles. The molecule has 19 heavy (non-hydrogen) atoms. The molecule has 0 bridgehead atoms. The van der Waals surface area contributed by atoms with Gasteiger partial charge in [-0.1, -0.05) is 6.42 Å². The largest absolute Gasteiger partial charge is 0.393 e. The standard InChI is InChI=1S/C14H21N3O2/c1-16-9-7-11(15-16)14(19)17-8-3-5-12(17)10-4-2-6-13(10)18/h7,9-10,12-13,18H,2-6,8H2,1H3. The summed E-state index contributed by atoms with van der Waals surface area (Å²) in [5, 5.41) is 14.3. The van der Waals surface area contributed by atoms with E-state index in [-0.39, 0.29) is 24.0 Å². The molecule has 1 aliphatic heterocycles. The van der Waals surface area contributed by atoms with E-state index in [4.69, 9.17) is 0 Å². The zero-order valence-corrected chi connectivity index (χ0v) is 11.3. The second-order valence-corrected chi connectivity index (χ2v) is 5.74. The minimum Gasteiger partial charge on any atom is -0.393 e. The van der Waals surface area contributed by atoms with E-state index in [2.05, 4.69) is 5.10 Å². The fraction of sp³-hybridized carbons (Fsp3) is 0.714. The molecule has 1 aromatic rings. The van der Waals surface area contributed by atoms with Crippen LogP contribution in [0.5, 0.6) is 0 Å². The molecule has 1 saturated heterocycles. The summed E-state index contributed by atoms with van der Waals surface area (Å²) in [6, 6.07) is 1.97. The molecule has 1 amide bonds. The lowest BCUT2D eigenvalue weighted by atomic mass is 9.94. The highest BCUT2D eigenvalue weighted by atomic mass is 16.3. The van der Waals surface area contributed by atoms with E-state index < -0.39 is 0 Å². The maximum atomic E-state index is 12.5. The normalized spacial score (nSPS) is 31.1. The highest BCUT2D eigenvalue weighted by molar-refractivity contribution is 5.92. The first-order valence-electron chi connectivity index (χ1n) is 7.15. The Labute approximate surface area is 113 Å². The number of carbonyl (C=O) groups is 1. The number of carbonyl (C=O) groups excluding carboxylic acids is 1. The second kappa shape index (κ2) is 4.96. The molecule has 1 N–H and O–H groups in total. The fourth-order valence-corrected chi connectivity index (χ4v) is 3.58. The number of rotatable bonds is 2. The monoisotopic (exact) mass is 263 g/mol. The van der Waals surface area contributed by atoms with Crippen molar-refractivity contribution in [3.63, 3.8) is 0 Å². The lowest BCUT2D eigenvalue weighted by Crippen LogP contribution is -2.42. The highest BCUT2D eigenvalue weighted by Gasteiger charge is 2.40. The molecule has 0 spiro atoms. The molecule has 0 aromatic carbocycles. The average molecular weight is 263 g/mol. The molecule has 3 rings (SSSR count). The Bertz CT molecular complexity index is 471. The Morgan fingerprint density at radius 3 is 2.84 bits per heavy atom. The van der Waals surface area contributed by atoms with Gasteiger partial charge < -0.3 is 10.0 Å². The average Bonchev–Trinajstić information content (AvgIpc) is 3.07. The van der Waals surface area contributed by atoms with Gasteiger partial charge in [0.05, 0.1) is 6.10 Å². The third kappa shape index (κ3) is 2.27. The maximum Gasteiger partial charge on any atom is 0.274 e. The van der Waals surface area contributed by atoms with Crippen molar-refractivity contribution in [2.45, 2.75) is 44.2 Å². The topological polar surface area (TPSA) is 58.4 Å². The van der Waals surface area contributed by atoms with Crippen LogP contribution in [0.2, 0.25) is 0 Å². The Morgan fingerprint density at radius 2 is 2.21 bits per heavy atom. The van der Waals surface area contributed by atoms with Gasteiger partial charge in [-0.25, -0.2) is 0 Å². The molecule has 2 heterocycles. The molecule has 3 unspecified atom stereocenters. The predicted molar refractivity (Wildman–Crippen MR) is 70.6 cm³/mol. The van der Waals surface area contributed by atoms with Gasteiger partial charge in [0, 0.05) is 31.7 Å². The van der Waals surface area contributed by atoms with Gasteiger partial charge in [-0.05, 0) is 31.7 Å². The molecule has 0 radical (unpaired) electrons. The molecule has 1 saturated carbocycles. The number of hydrogen-bond acceptors (Lipinski definition) is 3. The summed E-state index contributed by atoms with van der Waals surface area (Å²) in [4.78, 5) is 14.4. The zero-order chi connectivity index (χ0) is 13.4. The van der Waals surface area contributed by atoms with Crippen LogP contribution < -0.4 is 0 Å². The quantitative estimate of drug-likeness (QED) is 0.872. The summed E-state index contributed by atoms with van der Waals surface area (Å²) in [5.74, 6) is 0.275. The molecule has 2 fully saturated rings. The van der Waals surface area contributed by atoms with Gasteiger partial charge in [-0.15, -0.1) is 0 Å². The number of amides is 1. The highest BCUT2D eigenvalue weighted by Crippen LogP contribution is 2.36. The third-order valence-corrected chi connectivity index (χ3v) is 4.52. The van der Waals surface area contributed by atoms with E-state index in [9.17, 15) is 9.90 Å². The number of hydrogen-bond donors (Lipinski definition) is 1. The van der Waals surface area contributed by atoms with Crippen molar-refractivity contribution in [2.75, 3.05) is 6.54 Å². The van der Waals surface area contributed by atoms with Crippen molar-refractivity contribution in [3.8, 4) is 0 Å². The Kier molecular flexibility index (Phi) is 3.31. The summed E-state index contributed by atoms with van der Waals surface area (Å²) in [5.41, 5.74) is 0.516. The van der Waals surface area contributed by atoms with Crippen LogP contribution >= 0.6 is 0 Å². The summed E-state index contributed by atoms with van der Waals surface area (Å²) < 4.78 is 1.66. The maximum absolute atomic E-state index is 12.5. The van der Waals surface area contributed by atoms with Gasteiger partial charge in [0.2, 0.25) is 0 Å². The molecule has 5 heteroatoms. The van der Waals surface area contributed by atoms with Gasteiger partial charge >= 0.3 is 0 Å². The summed E-state index contributed by atoms with van der Waals surface area (Å²) >= 11 is 0. The first kappa shape index (κ1) is 12.7. The van der Waals surface area contributed by atoms with E-state index in [1.165, 1.54) is 0 Å². The number of aliphatic hydroxyl groups excluding tert-OH is 1. The van der Waals surface area contributed by atoms with Gasteiger partial charge in [0.1, 0.15) is 5.69 Å². The van der Waals surface area contributed by atoms with Crippen LogP contribution in [-0.4, -0.2) is 44.4 Å². The lowest BCUT2D eigenvalue weighted by Gasteiger charge is -2.30. The molecular weight excluding hydrogens is 242 g/mol. The number of aromatic nitrogens is 2. The van der Waals surface area contributed by atoms with E-state index in [0.29, 0.717) is 5.69 Å². The summed E-state index contributed by atoms with van der Waals surface area (Å²) in [7, 11) is 1.82. The molecule has 1 aliphatic carbocycles. The SMILES string of the molecule is Cn1ccc(C(=O)N2CCCC2C2CCCC2O)n1. The van der Waals surface area contributed by atoms with E-state index >= 15 is 0 Å². The van der Waals surface area contributed by atoms with Gasteiger partial charge in [0.25, 0.3) is 5.91 Å². The van der Waals surface area contributed by atoms with Crippen LogP contribution in [0.15, 0.2) is 12.3 Å². The van der Waals surface area contributed by atoms with Gasteiger partial charge in [0.15, 0.2) is 0 Å². The van der Waals surface area contributed by atoms with E-state index in [1.54, 1.807) is 16.9 Å². The number of aryl methyl sites for hydroxylation is 1. The van der Waals surface area contributed by atoms with Crippen LogP contribution in [0.3, 0.4) is 0 Å². The van der Waals surface area contributed by atoms with Crippen molar-refractivity contribution in [3.05, 3.63) is 18.0 Å². The number of nitrogens with zero attached hydrogens (tertiary/aromatic N) is 3. The summed E-state index contributed by atoms with van der Waals surface area (Å²) in [6.45, 7) is 0.795. The predicted octanol–water partition coefficient (Wildman–Crippen LogP) is 1.19. The molecule has 5 nitrogen and oxygen atoms in total. The number of aliphatic hydroxyl groups is 1. The fourth-order valence-electron chi connectivity index (χ4n) is 3.58. The van der Waals surface area contributed by atoms with Crippen molar-refractivity contribution < 1.29 is 9.90 Å².